The number of likely N-dealkylation sites (tertiary alicyclic amines) is 1. The van der Waals surface area contributed by atoms with Crippen LogP contribution in [-0.2, 0) is 4.79 Å². The van der Waals surface area contributed by atoms with Crippen LogP contribution in [0.1, 0.15) is 16.8 Å². The maximum Gasteiger partial charge on any atom is 0.349 e. The van der Waals surface area contributed by atoms with Crippen molar-refractivity contribution in [2.24, 2.45) is 5.92 Å². The average Bonchev–Trinajstić information content (AvgIpc) is 2.40. The van der Waals surface area contributed by atoms with Crippen molar-refractivity contribution in [3.8, 4) is 0 Å². The minimum absolute atomic E-state index is 0.0116. The number of carboxylic acid groups (broad SMARTS) is 1. The molecule has 1 saturated heterocycles. The van der Waals surface area contributed by atoms with E-state index in [-0.39, 0.29) is 17.9 Å². The second kappa shape index (κ2) is 5.05. The van der Waals surface area contributed by atoms with Crippen LogP contribution in [0.25, 0.3) is 11.0 Å². The molecule has 1 aromatic carbocycles. The lowest BCUT2D eigenvalue weighted by molar-refractivity contribution is -0.139. The highest BCUT2D eigenvalue weighted by Gasteiger charge is 2.33. The molecule has 1 fully saturated rings. The molecule has 1 aliphatic rings. The maximum atomic E-state index is 12.2. The normalized spacial score (nSPS) is 15.0. The summed E-state index contributed by atoms with van der Waals surface area (Å²) in [6, 6.07) is 8.49. The van der Waals surface area contributed by atoms with Crippen molar-refractivity contribution in [1.29, 1.82) is 0 Å². The van der Waals surface area contributed by atoms with E-state index in [2.05, 4.69) is 0 Å². The molecule has 0 radical (unpaired) electrons. The molecule has 3 rings (SSSR count). The van der Waals surface area contributed by atoms with Gasteiger partial charge in [-0.1, -0.05) is 18.2 Å². The standard InChI is InChI=1S/C15H13NO5/c17-13(18)5-9-7-16(8-9)14(19)11-6-10-3-1-2-4-12(10)21-15(11)20/h1-4,6,9H,5,7-8H2,(H,17,18). The van der Waals surface area contributed by atoms with E-state index in [0.717, 1.165) is 0 Å². The summed E-state index contributed by atoms with van der Waals surface area (Å²) in [4.78, 5) is 36.2. The lowest BCUT2D eigenvalue weighted by Crippen LogP contribution is -2.51. The van der Waals surface area contributed by atoms with Crippen LogP contribution in [-0.4, -0.2) is 35.0 Å². The van der Waals surface area contributed by atoms with Gasteiger partial charge in [0.15, 0.2) is 0 Å². The summed E-state index contributed by atoms with van der Waals surface area (Å²) in [5.74, 6) is -1.33. The number of para-hydroxylation sites is 1. The molecular weight excluding hydrogens is 274 g/mol. The van der Waals surface area contributed by atoms with Crippen LogP contribution in [0, 0.1) is 5.92 Å². The van der Waals surface area contributed by atoms with Crippen LogP contribution >= 0.6 is 0 Å². The summed E-state index contributed by atoms with van der Waals surface area (Å²) in [6.07, 6.45) is 0.0378. The molecule has 0 atom stereocenters. The quantitative estimate of drug-likeness (QED) is 0.861. The van der Waals surface area contributed by atoms with Crippen molar-refractivity contribution in [3.63, 3.8) is 0 Å². The highest BCUT2D eigenvalue weighted by molar-refractivity contribution is 5.97. The van der Waals surface area contributed by atoms with E-state index < -0.39 is 17.5 Å². The van der Waals surface area contributed by atoms with E-state index in [4.69, 9.17) is 9.52 Å². The number of benzene rings is 1. The minimum atomic E-state index is -0.877. The Morgan fingerprint density at radius 1 is 1.29 bits per heavy atom. The molecule has 0 bridgehead atoms. The minimum Gasteiger partial charge on any atom is -0.481 e. The van der Waals surface area contributed by atoms with Gasteiger partial charge in [-0.3, -0.25) is 9.59 Å². The van der Waals surface area contributed by atoms with Gasteiger partial charge >= 0.3 is 11.6 Å². The zero-order valence-corrected chi connectivity index (χ0v) is 11.1. The molecule has 0 saturated carbocycles. The Morgan fingerprint density at radius 3 is 2.71 bits per heavy atom. The van der Waals surface area contributed by atoms with Gasteiger partial charge in [0.1, 0.15) is 11.1 Å². The SMILES string of the molecule is O=C(O)CC1CN(C(=O)c2cc3ccccc3oc2=O)C1. The zero-order chi connectivity index (χ0) is 15.0. The third kappa shape index (κ3) is 2.52. The zero-order valence-electron chi connectivity index (χ0n) is 11.1. The third-order valence-corrected chi connectivity index (χ3v) is 3.58. The molecule has 1 amide bonds. The number of carbonyl (C=O) groups excluding carboxylic acids is 1. The van der Waals surface area contributed by atoms with E-state index in [1.165, 1.54) is 11.0 Å². The molecule has 2 heterocycles. The summed E-state index contributed by atoms with van der Waals surface area (Å²) >= 11 is 0. The van der Waals surface area contributed by atoms with Crippen molar-refractivity contribution in [2.45, 2.75) is 6.42 Å². The fourth-order valence-electron chi connectivity index (χ4n) is 2.49. The van der Waals surface area contributed by atoms with Gasteiger partial charge in [-0.05, 0) is 12.1 Å². The van der Waals surface area contributed by atoms with Crippen LogP contribution in [0.5, 0.6) is 0 Å². The molecule has 6 heteroatoms. The molecule has 1 aliphatic heterocycles. The summed E-state index contributed by atoms with van der Waals surface area (Å²) in [5, 5.41) is 9.37. The molecule has 0 aliphatic carbocycles. The van der Waals surface area contributed by atoms with E-state index in [1.54, 1.807) is 24.3 Å². The lowest BCUT2D eigenvalue weighted by Gasteiger charge is -2.38. The monoisotopic (exact) mass is 287 g/mol. The molecule has 1 aromatic heterocycles. The fraction of sp³-hybridized carbons (Fsp3) is 0.267. The van der Waals surface area contributed by atoms with Crippen molar-refractivity contribution < 1.29 is 19.1 Å². The molecule has 0 spiro atoms. The Bertz CT molecular complexity index is 773. The number of amides is 1. The predicted molar refractivity (Wildman–Crippen MR) is 74.1 cm³/mol. The van der Waals surface area contributed by atoms with Gasteiger partial charge in [-0.2, -0.15) is 0 Å². The van der Waals surface area contributed by atoms with E-state index in [0.29, 0.717) is 24.1 Å². The Kier molecular flexibility index (Phi) is 3.21. The van der Waals surface area contributed by atoms with Crippen LogP contribution < -0.4 is 5.63 Å². The molecular formula is C15H13NO5. The van der Waals surface area contributed by atoms with Gasteiger partial charge in [0.25, 0.3) is 5.91 Å². The van der Waals surface area contributed by atoms with Crippen LogP contribution in [0.2, 0.25) is 0 Å². The number of nitrogens with zero attached hydrogens (tertiary/aromatic N) is 1. The van der Waals surface area contributed by atoms with Crippen molar-refractivity contribution >= 4 is 22.8 Å². The van der Waals surface area contributed by atoms with E-state index >= 15 is 0 Å². The molecule has 108 valence electrons. The first-order valence-electron chi connectivity index (χ1n) is 6.58. The summed E-state index contributed by atoms with van der Waals surface area (Å²) in [6.45, 7) is 0.717. The van der Waals surface area contributed by atoms with Gasteiger partial charge in [-0.15, -0.1) is 0 Å². The van der Waals surface area contributed by atoms with E-state index in [1.807, 2.05) is 0 Å². The number of hydrogen-bond acceptors (Lipinski definition) is 4. The largest absolute Gasteiger partial charge is 0.481 e. The van der Waals surface area contributed by atoms with Crippen molar-refractivity contribution in [2.75, 3.05) is 13.1 Å². The first-order chi connectivity index (χ1) is 10.0. The van der Waals surface area contributed by atoms with Gasteiger partial charge in [-0.25, -0.2) is 4.79 Å². The predicted octanol–water partition coefficient (Wildman–Crippen LogP) is 1.34. The topological polar surface area (TPSA) is 87.8 Å². The van der Waals surface area contributed by atoms with Crippen LogP contribution in [0.15, 0.2) is 39.5 Å². The summed E-state index contributed by atoms with van der Waals surface area (Å²) < 4.78 is 5.13. The number of carboxylic acids is 1. The molecule has 0 unspecified atom stereocenters. The Balaban J connectivity index is 1.81. The second-order valence-electron chi connectivity index (χ2n) is 5.16. The maximum absolute atomic E-state index is 12.2. The third-order valence-electron chi connectivity index (χ3n) is 3.58. The summed E-state index contributed by atoms with van der Waals surface area (Å²) in [5.41, 5.74) is -0.241. The highest BCUT2D eigenvalue weighted by Crippen LogP contribution is 2.22. The van der Waals surface area contributed by atoms with E-state index in [9.17, 15) is 14.4 Å². The Hall–Kier alpha value is -2.63. The molecule has 2 aromatic rings. The number of fused-ring (bicyclic) bond motifs is 1. The number of hydrogen-bond donors (Lipinski definition) is 1. The van der Waals surface area contributed by atoms with Crippen molar-refractivity contribution in [1.82, 2.24) is 4.90 Å². The number of carbonyl (C=O) groups is 2. The second-order valence-corrected chi connectivity index (χ2v) is 5.16. The first-order valence-corrected chi connectivity index (χ1v) is 6.58. The summed E-state index contributed by atoms with van der Waals surface area (Å²) in [7, 11) is 0. The van der Waals surface area contributed by atoms with Gasteiger partial charge < -0.3 is 14.4 Å². The smallest absolute Gasteiger partial charge is 0.349 e. The number of aliphatic carboxylic acids is 1. The van der Waals surface area contributed by atoms with Gasteiger partial charge in [0.05, 0.1) is 6.42 Å². The van der Waals surface area contributed by atoms with Gasteiger partial charge in [0, 0.05) is 24.4 Å². The Morgan fingerprint density at radius 2 is 2.00 bits per heavy atom. The van der Waals surface area contributed by atoms with Crippen LogP contribution in [0.3, 0.4) is 0 Å². The highest BCUT2D eigenvalue weighted by atomic mass is 16.4. The van der Waals surface area contributed by atoms with Gasteiger partial charge in [0.2, 0.25) is 0 Å². The fourth-order valence-corrected chi connectivity index (χ4v) is 2.49. The molecule has 1 N–H and O–H groups in total. The molecule has 21 heavy (non-hydrogen) atoms. The first kappa shape index (κ1) is 13.4. The van der Waals surface area contributed by atoms with Crippen molar-refractivity contribution in [3.05, 3.63) is 46.3 Å². The van der Waals surface area contributed by atoms with Crippen LogP contribution in [0.4, 0.5) is 0 Å². The number of rotatable bonds is 3. The average molecular weight is 287 g/mol. The molecule has 6 nitrogen and oxygen atoms in total. The Labute approximate surface area is 119 Å². The lowest BCUT2D eigenvalue weighted by atomic mass is 9.95.